The van der Waals surface area contributed by atoms with Crippen molar-refractivity contribution in [1.82, 2.24) is 5.32 Å². The van der Waals surface area contributed by atoms with Crippen LogP contribution in [0.15, 0.2) is 12.1 Å². The molecule has 2 unspecified atom stereocenters. The SMILES string of the molecule is COc1cc(C(C)(C)C)cc(C2CC(C(=O)O)CN2)c1OC. The number of hydrogen-bond donors (Lipinski definition) is 2. The lowest BCUT2D eigenvalue weighted by atomic mass is 9.84. The summed E-state index contributed by atoms with van der Waals surface area (Å²) in [6.45, 7) is 6.89. The maximum Gasteiger partial charge on any atom is 0.307 e. The largest absolute Gasteiger partial charge is 0.493 e. The van der Waals surface area contributed by atoms with E-state index in [0.29, 0.717) is 24.5 Å². The highest BCUT2D eigenvalue weighted by atomic mass is 16.5. The van der Waals surface area contributed by atoms with Crippen molar-refractivity contribution in [3.63, 3.8) is 0 Å². The highest BCUT2D eigenvalue weighted by Gasteiger charge is 2.33. The fraction of sp³-hybridized carbons (Fsp3) is 0.588. The summed E-state index contributed by atoms with van der Waals surface area (Å²) >= 11 is 0. The van der Waals surface area contributed by atoms with E-state index in [1.54, 1.807) is 14.2 Å². The molecule has 5 nitrogen and oxygen atoms in total. The summed E-state index contributed by atoms with van der Waals surface area (Å²) in [4.78, 5) is 11.2. The molecular weight excluding hydrogens is 282 g/mol. The van der Waals surface area contributed by atoms with Gasteiger partial charge in [-0.2, -0.15) is 0 Å². The molecule has 2 rings (SSSR count). The topological polar surface area (TPSA) is 67.8 Å². The second-order valence-electron chi connectivity index (χ2n) is 6.78. The minimum Gasteiger partial charge on any atom is -0.493 e. The third-order valence-electron chi connectivity index (χ3n) is 4.23. The Bertz CT molecular complexity index is 563. The number of carbonyl (C=O) groups is 1. The molecule has 0 saturated carbocycles. The summed E-state index contributed by atoms with van der Waals surface area (Å²) in [5.41, 5.74) is 2.08. The Morgan fingerprint density at radius 3 is 2.41 bits per heavy atom. The van der Waals surface area contributed by atoms with Gasteiger partial charge in [0.1, 0.15) is 0 Å². The Kier molecular flexibility index (Phi) is 4.66. The number of carboxylic acid groups (broad SMARTS) is 1. The van der Waals surface area contributed by atoms with E-state index >= 15 is 0 Å². The smallest absolute Gasteiger partial charge is 0.307 e. The van der Waals surface area contributed by atoms with Crippen molar-refractivity contribution in [3.05, 3.63) is 23.3 Å². The van der Waals surface area contributed by atoms with E-state index in [1.807, 2.05) is 6.07 Å². The monoisotopic (exact) mass is 307 g/mol. The summed E-state index contributed by atoms with van der Waals surface area (Å²) in [6.07, 6.45) is 0.558. The van der Waals surface area contributed by atoms with Crippen LogP contribution in [0.25, 0.3) is 0 Å². The molecular formula is C17H25NO4. The summed E-state index contributed by atoms with van der Waals surface area (Å²) in [6, 6.07) is 4.06. The van der Waals surface area contributed by atoms with Gasteiger partial charge in [-0.25, -0.2) is 0 Å². The first kappa shape index (κ1) is 16.6. The molecule has 22 heavy (non-hydrogen) atoms. The lowest BCUT2D eigenvalue weighted by molar-refractivity contribution is -0.141. The predicted octanol–water partition coefficient (Wildman–Crippen LogP) is 2.74. The molecule has 1 fully saturated rings. The Morgan fingerprint density at radius 2 is 1.95 bits per heavy atom. The van der Waals surface area contributed by atoms with Crippen LogP contribution >= 0.6 is 0 Å². The lowest BCUT2D eigenvalue weighted by Gasteiger charge is -2.25. The Morgan fingerprint density at radius 1 is 1.27 bits per heavy atom. The van der Waals surface area contributed by atoms with Crippen molar-refractivity contribution in [1.29, 1.82) is 0 Å². The molecule has 1 saturated heterocycles. The van der Waals surface area contributed by atoms with Crippen LogP contribution in [0.3, 0.4) is 0 Å². The van der Waals surface area contributed by atoms with Gasteiger partial charge in [0.15, 0.2) is 11.5 Å². The molecule has 0 spiro atoms. The maximum atomic E-state index is 11.2. The molecule has 2 N–H and O–H groups in total. The van der Waals surface area contributed by atoms with Crippen molar-refractivity contribution < 1.29 is 19.4 Å². The predicted molar refractivity (Wildman–Crippen MR) is 84.7 cm³/mol. The van der Waals surface area contributed by atoms with Crippen LogP contribution in [-0.2, 0) is 10.2 Å². The van der Waals surface area contributed by atoms with E-state index in [1.165, 1.54) is 0 Å². The zero-order chi connectivity index (χ0) is 16.5. The number of carboxylic acids is 1. The first-order valence-electron chi connectivity index (χ1n) is 7.50. The first-order chi connectivity index (χ1) is 10.3. The lowest BCUT2D eigenvalue weighted by Crippen LogP contribution is -2.18. The van der Waals surface area contributed by atoms with Crippen LogP contribution in [0, 0.1) is 5.92 Å². The first-order valence-corrected chi connectivity index (χ1v) is 7.50. The van der Waals surface area contributed by atoms with E-state index in [2.05, 4.69) is 32.2 Å². The van der Waals surface area contributed by atoms with E-state index in [0.717, 1.165) is 11.1 Å². The van der Waals surface area contributed by atoms with Gasteiger partial charge in [0, 0.05) is 18.2 Å². The summed E-state index contributed by atoms with van der Waals surface area (Å²) < 4.78 is 11.0. The number of methoxy groups -OCH3 is 2. The molecule has 0 aromatic heterocycles. The minimum absolute atomic E-state index is 0.0287. The van der Waals surface area contributed by atoms with Crippen molar-refractivity contribution >= 4 is 5.97 Å². The number of ether oxygens (including phenoxy) is 2. The van der Waals surface area contributed by atoms with Gasteiger partial charge in [-0.15, -0.1) is 0 Å². The van der Waals surface area contributed by atoms with Gasteiger partial charge in [0.25, 0.3) is 0 Å². The van der Waals surface area contributed by atoms with E-state index < -0.39 is 5.97 Å². The quantitative estimate of drug-likeness (QED) is 0.895. The molecule has 1 aliphatic heterocycles. The van der Waals surface area contributed by atoms with E-state index in [9.17, 15) is 9.90 Å². The summed E-state index contributed by atoms with van der Waals surface area (Å²) in [5, 5.41) is 12.5. The van der Waals surface area contributed by atoms with E-state index in [4.69, 9.17) is 9.47 Å². The number of benzene rings is 1. The van der Waals surface area contributed by atoms with Crippen LogP contribution in [-0.4, -0.2) is 31.8 Å². The summed E-state index contributed by atoms with van der Waals surface area (Å²) in [5.74, 6) is 0.247. The second kappa shape index (κ2) is 6.16. The van der Waals surface area contributed by atoms with Crippen molar-refractivity contribution in [2.45, 2.75) is 38.6 Å². The second-order valence-corrected chi connectivity index (χ2v) is 6.78. The average molecular weight is 307 g/mol. The normalized spacial score (nSPS) is 21.7. The van der Waals surface area contributed by atoms with Crippen LogP contribution in [0.5, 0.6) is 11.5 Å². The molecule has 2 atom stereocenters. The zero-order valence-corrected chi connectivity index (χ0v) is 13.9. The third-order valence-corrected chi connectivity index (χ3v) is 4.23. The molecule has 1 aromatic carbocycles. The molecule has 0 bridgehead atoms. The minimum atomic E-state index is -0.757. The molecule has 1 heterocycles. The Labute approximate surface area is 131 Å². The van der Waals surface area contributed by atoms with Crippen LogP contribution in [0.4, 0.5) is 0 Å². The molecule has 122 valence electrons. The fourth-order valence-corrected chi connectivity index (χ4v) is 2.85. The number of aliphatic carboxylic acids is 1. The van der Waals surface area contributed by atoms with Crippen LogP contribution < -0.4 is 14.8 Å². The van der Waals surface area contributed by atoms with Crippen molar-refractivity contribution in [2.75, 3.05) is 20.8 Å². The van der Waals surface area contributed by atoms with Gasteiger partial charge < -0.3 is 19.9 Å². The molecule has 5 heteroatoms. The number of nitrogens with one attached hydrogen (secondary N) is 1. The highest BCUT2D eigenvalue weighted by Crippen LogP contribution is 2.42. The van der Waals surface area contributed by atoms with E-state index in [-0.39, 0.29) is 17.4 Å². The number of hydrogen-bond acceptors (Lipinski definition) is 4. The highest BCUT2D eigenvalue weighted by molar-refractivity contribution is 5.71. The van der Waals surface area contributed by atoms with Crippen LogP contribution in [0.2, 0.25) is 0 Å². The van der Waals surface area contributed by atoms with Gasteiger partial charge >= 0.3 is 5.97 Å². The Balaban J connectivity index is 2.47. The molecule has 0 radical (unpaired) electrons. The standard InChI is InChI=1S/C17H25NO4/c1-17(2,3)11-7-12(15(22-5)14(8-11)21-4)13-6-10(9-18-13)16(19)20/h7-8,10,13,18H,6,9H2,1-5H3,(H,19,20). The Hall–Kier alpha value is -1.75. The summed E-state index contributed by atoms with van der Waals surface area (Å²) in [7, 11) is 3.23. The molecule has 0 aliphatic carbocycles. The maximum absolute atomic E-state index is 11.2. The average Bonchev–Trinajstić information content (AvgIpc) is 2.94. The van der Waals surface area contributed by atoms with Crippen molar-refractivity contribution in [3.8, 4) is 11.5 Å². The van der Waals surface area contributed by atoms with Crippen LogP contribution in [0.1, 0.15) is 44.4 Å². The van der Waals surface area contributed by atoms with Gasteiger partial charge in [0.05, 0.1) is 20.1 Å². The van der Waals surface area contributed by atoms with Crippen molar-refractivity contribution in [2.24, 2.45) is 5.92 Å². The molecule has 1 aromatic rings. The van der Waals surface area contributed by atoms with Gasteiger partial charge in [-0.1, -0.05) is 20.8 Å². The number of rotatable bonds is 4. The van der Waals surface area contributed by atoms with Gasteiger partial charge in [-0.05, 0) is 29.5 Å². The van der Waals surface area contributed by atoms with Gasteiger partial charge in [0.2, 0.25) is 0 Å². The molecule has 0 amide bonds. The third kappa shape index (κ3) is 3.19. The fourth-order valence-electron chi connectivity index (χ4n) is 2.85. The van der Waals surface area contributed by atoms with Gasteiger partial charge in [-0.3, -0.25) is 4.79 Å². The molecule has 1 aliphatic rings. The zero-order valence-electron chi connectivity index (χ0n) is 13.9.